The normalized spacial score (nSPS) is 12.5. The minimum Gasteiger partial charge on any atom is -0.396 e. The summed E-state index contributed by atoms with van der Waals surface area (Å²) in [6.07, 6.45) is 8.35. The molecule has 0 aliphatic heterocycles. The highest BCUT2D eigenvalue weighted by Crippen LogP contribution is 2.14. The molecule has 0 spiro atoms. The number of rotatable bonds is 9. The van der Waals surface area contributed by atoms with E-state index in [9.17, 15) is 0 Å². The van der Waals surface area contributed by atoms with Gasteiger partial charge in [0.05, 0.1) is 11.9 Å². The van der Waals surface area contributed by atoms with Gasteiger partial charge in [-0.2, -0.15) is 5.10 Å². The molecule has 0 amide bonds. The van der Waals surface area contributed by atoms with E-state index in [-0.39, 0.29) is 0 Å². The molecule has 2 N–H and O–H groups in total. The molecule has 0 saturated heterocycles. The third-order valence-corrected chi connectivity index (χ3v) is 3.66. The van der Waals surface area contributed by atoms with Crippen molar-refractivity contribution in [3.63, 3.8) is 0 Å². The highest BCUT2D eigenvalue weighted by Gasteiger charge is 2.07. The minimum absolute atomic E-state index is 0.306. The summed E-state index contributed by atoms with van der Waals surface area (Å²) in [6, 6.07) is 10.5. The Bertz CT molecular complexity index is 510. The van der Waals surface area contributed by atoms with Gasteiger partial charge in [-0.25, -0.2) is 4.68 Å². The number of nitrogens with zero attached hydrogens (tertiary/aromatic N) is 2. The second-order valence-corrected chi connectivity index (χ2v) is 5.37. The van der Waals surface area contributed by atoms with Crippen LogP contribution in [0.15, 0.2) is 42.7 Å². The number of aliphatic hydroxyl groups is 1. The first kappa shape index (κ1) is 15.7. The fourth-order valence-electron chi connectivity index (χ4n) is 2.31. The van der Waals surface area contributed by atoms with Crippen LogP contribution in [0.4, 0.5) is 0 Å². The number of nitrogens with one attached hydrogen (secondary N) is 1. The Hall–Kier alpha value is -1.65. The maximum Gasteiger partial charge on any atom is 0.0645 e. The first-order chi connectivity index (χ1) is 10.3. The predicted octanol–water partition coefficient (Wildman–Crippen LogP) is 3.08. The fraction of sp³-hybridized carbons (Fsp3) is 0.471. The first-order valence-electron chi connectivity index (χ1n) is 7.75. The second-order valence-electron chi connectivity index (χ2n) is 5.37. The van der Waals surface area contributed by atoms with Crippen LogP contribution in [0.1, 0.15) is 44.2 Å². The molecule has 0 aliphatic rings. The maximum absolute atomic E-state index is 8.73. The molecule has 1 heterocycles. The van der Waals surface area contributed by atoms with Crippen LogP contribution >= 0.6 is 0 Å². The average molecular weight is 287 g/mol. The average Bonchev–Trinajstić information content (AvgIpc) is 3.01. The molecule has 2 rings (SSSR count). The smallest absolute Gasteiger partial charge is 0.0645 e. The van der Waals surface area contributed by atoms with E-state index >= 15 is 0 Å². The molecule has 0 aliphatic carbocycles. The van der Waals surface area contributed by atoms with Crippen molar-refractivity contribution in [3.05, 3.63) is 48.3 Å². The third kappa shape index (κ3) is 4.99. The lowest BCUT2D eigenvalue weighted by atomic mass is 10.1. The molecule has 1 atom stereocenters. The lowest BCUT2D eigenvalue weighted by Crippen LogP contribution is -2.19. The van der Waals surface area contributed by atoms with Gasteiger partial charge in [-0.3, -0.25) is 0 Å². The van der Waals surface area contributed by atoms with Crippen molar-refractivity contribution in [1.29, 1.82) is 0 Å². The number of para-hydroxylation sites is 1. The highest BCUT2D eigenvalue weighted by atomic mass is 16.2. The van der Waals surface area contributed by atoms with Gasteiger partial charge in [-0.05, 0) is 38.4 Å². The van der Waals surface area contributed by atoms with Crippen molar-refractivity contribution in [2.75, 3.05) is 13.2 Å². The molecule has 21 heavy (non-hydrogen) atoms. The van der Waals surface area contributed by atoms with Crippen LogP contribution in [0.3, 0.4) is 0 Å². The summed E-state index contributed by atoms with van der Waals surface area (Å²) in [7, 11) is 0. The Labute approximate surface area is 126 Å². The summed E-state index contributed by atoms with van der Waals surface area (Å²) < 4.78 is 1.91. The fourth-order valence-corrected chi connectivity index (χ4v) is 2.31. The molecule has 0 radical (unpaired) electrons. The monoisotopic (exact) mass is 287 g/mol. The Morgan fingerprint density at radius 3 is 2.67 bits per heavy atom. The van der Waals surface area contributed by atoms with Crippen molar-refractivity contribution in [3.8, 4) is 5.69 Å². The van der Waals surface area contributed by atoms with Crippen molar-refractivity contribution in [1.82, 2.24) is 15.1 Å². The predicted molar refractivity (Wildman–Crippen MR) is 85.5 cm³/mol. The van der Waals surface area contributed by atoms with Crippen LogP contribution in [0.2, 0.25) is 0 Å². The Morgan fingerprint density at radius 1 is 1.14 bits per heavy atom. The van der Waals surface area contributed by atoms with Gasteiger partial charge in [0, 0.05) is 24.4 Å². The van der Waals surface area contributed by atoms with Crippen molar-refractivity contribution in [2.45, 2.75) is 38.6 Å². The molecule has 0 bridgehead atoms. The standard InChI is InChI=1S/C17H25N3O/c1-15(18-11-7-2-3-8-12-21)16-13-19-20(14-16)17-9-5-4-6-10-17/h4-6,9-10,13-15,18,21H,2-3,7-8,11-12H2,1H3. The highest BCUT2D eigenvalue weighted by molar-refractivity contribution is 5.31. The molecule has 0 fully saturated rings. The van der Waals surface area contributed by atoms with Crippen LogP contribution in [0.5, 0.6) is 0 Å². The zero-order chi connectivity index (χ0) is 14.9. The molecular formula is C17H25N3O. The summed E-state index contributed by atoms with van der Waals surface area (Å²) in [5.74, 6) is 0. The minimum atomic E-state index is 0.306. The van der Waals surface area contributed by atoms with Crippen molar-refractivity contribution < 1.29 is 5.11 Å². The number of unbranched alkanes of at least 4 members (excludes halogenated alkanes) is 3. The second kappa shape index (κ2) is 8.60. The van der Waals surface area contributed by atoms with Crippen LogP contribution in [0.25, 0.3) is 5.69 Å². The SMILES string of the molecule is CC(NCCCCCCO)c1cnn(-c2ccccc2)c1. The van der Waals surface area contributed by atoms with Gasteiger partial charge >= 0.3 is 0 Å². The molecule has 0 saturated carbocycles. The number of aromatic nitrogens is 2. The van der Waals surface area contributed by atoms with Crippen LogP contribution in [-0.4, -0.2) is 28.0 Å². The Morgan fingerprint density at radius 2 is 1.90 bits per heavy atom. The van der Waals surface area contributed by atoms with E-state index < -0.39 is 0 Å². The summed E-state index contributed by atoms with van der Waals surface area (Å²) in [4.78, 5) is 0. The molecule has 2 aromatic rings. The van der Waals surface area contributed by atoms with Crippen molar-refractivity contribution >= 4 is 0 Å². The van der Waals surface area contributed by atoms with E-state index in [4.69, 9.17) is 5.11 Å². The quantitative estimate of drug-likeness (QED) is 0.697. The third-order valence-electron chi connectivity index (χ3n) is 3.66. The Kier molecular flexibility index (Phi) is 6.44. The van der Waals surface area contributed by atoms with E-state index in [2.05, 4.69) is 35.7 Å². The number of benzene rings is 1. The van der Waals surface area contributed by atoms with E-state index in [1.807, 2.05) is 29.1 Å². The largest absolute Gasteiger partial charge is 0.396 e. The molecule has 1 aromatic heterocycles. The summed E-state index contributed by atoms with van der Waals surface area (Å²) in [5, 5.41) is 16.7. The molecular weight excluding hydrogens is 262 g/mol. The van der Waals surface area contributed by atoms with E-state index in [0.29, 0.717) is 12.6 Å². The number of hydrogen-bond donors (Lipinski definition) is 2. The van der Waals surface area contributed by atoms with Gasteiger partial charge in [-0.15, -0.1) is 0 Å². The van der Waals surface area contributed by atoms with Gasteiger partial charge in [0.25, 0.3) is 0 Å². The summed E-state index contributed by atoms with van der Waals surface area (Å²) in [5.41, 5.74) is 2.29. The zero-order valence-electron chi connectivity index (χ0n) is 12.7. The van der Waals surface area contributed by atoms with Gasteiger partial charge in [-0.1, -0.05) is 31.0 Å². The molecule has 4 heteroatoms. The Balaban J connectivity index is 1.78. The van der Waals surface area contributed by atoms with Gasteiger partial charge in [0.1, 0.15) is 0 Å². The number of aliphatic hydroxyl groups excluding tert-OH is 1. The van der Waals surface area contributed by atoms with Crippen LogP contribution in [-0.2, 0) is 0 Å². The van der Waals surface area contributed by atoms with E-state index in [0.717, 1.165) is 31.5 Å². The summed E-state index contributed by atoms with van der Waals surface area (Å²) in [6.45, 7) is 3.48. The zero-order valence-corrected chi connectivity index (χ0v) is 12.7. The molecule has 1 unspecified atom stereocenters. The molecule has 1 aromatic carbocycles. The van der Waals surface area contributed by atoms with Crippen LogP contribution in [0, 0.1) is 0 Å². The summed E-state index contributed by atoms with van der Waals surface area (Å²) >= 11 is 0. The van der Waals surface area contributed by atoms with Gasteiger partial charge in [0.2, 0.25) is 0 Å². The maximum atomic E-state index is 8.73. The molecule has 4 nitrogen and oxygen atoms in total. The van der Waals surface area contributed by atoms with Gasteiger partial charge in [0.15, 0.2) is 0 Å². The number of hydrogen-bond acceptors (Lipinski definition) is 3. The lowest BCUT2D eigenvalue weighted by Gasteiger charge is -2.11. The van der Waals surface area contributed by atoms with Gasteiger partial charge < -0.3 is 10.4 Å². The topological polar surface area (TPSA) is 50.1 Å². The van der Waals surface area contributed by atoms with Crippen molar-refractivity contribution in [2.24, 2.45) is 0 Å². The van der Waals surface area contributed by atoms with E-state index in [1.165, 1.54) is 12.0 Å². The van der Waals surface area contributed by atoms with E-state index in [1.54, 1.807) is 0 Å². The molecule has 114 valence electrons. The lowest BCUT2D eigenvalue weighted by molar-refractivity contribution is 0.282. The first-order valence-corrected chi connectivity index (χ1v) is 7.75. The van der Waals surface area contributed by atoms with Crippen LogP contribution < -0.4 is 5.32 Å².